The maximum absolute atomic E-state index is 4.21. The fourth-order valence-electron chi connectivity index (χ4n) is 1.81. The third-order valence-electron chi connectivity index (χ3n) is 3.03. The number of anilines is 1. The van der Waals surface area contributed by atoms with Crippen LogP contribution in [0, 0.1) is 11.8 Å². The molecule has 0 spiro atoms. The summed E-state index contributed by atoms with van der Waals surface area (Å²) in [7, 11) is 0. The summed E-state index contributed by atoms with van der Waals surface area (Å²) in [5.74, 6) is 2.52. The fourth-order valence-corrected chi connectivity index (χ4v) is 1.81. The molecular formula is C10H13N5. The molecule has 5 nitrogen and oxygen atoms in total. The van der Waals surface area contributed by atoms with Crippen LogP contribution in [0.1, 0.15) is 13.3 Å². The molecule has 5 heteroatoms. The summed E-state index contributed by atoms with van der Waals surface area (Å²) in [4.78, 5) is 15.4. The maximum Gasteiger partial charge on any atom is 0.182 e. The molecule has 1 aliphatic rings. The number of hydrogen-bond acceptors (Lipinski definition) is 4. The van der Waals surface area contributed by atoms with Crippen LogP contribution in [0.2, 0.25) is 0 Å². The Morgan fingerprint density at radius 1 is 1.47 bits per heavy atom. The first-order valence-electron chi connectivity index (χ1n) is 5.22. The Labute approximate surface area is 87.3 Å². The molecule has 0 amide bonds. The molecule has 2 N–H and O–H groups in total. The molecule has 1 aliphatic carbocycles. The van der Waals surface area contributed by atoms with E-state index in [1.54, 1.807) is 12.7 Å². The van der Waals surface area contributed by atoms with Gasteiger partial charge in [0.05, 0.1) is 6.33 Å². The number of nitrogens with zero attached hydrogens (tertiary/aromatic N) is 3. The van der Waals surface area contributed by atoms with Crippen molar-refractivity contribution < 1.29 is 0 Å². The summed E-state index contributed by atoms with van der Waals surface area (Å²) in [5, 5.41) is 3.34. The standard InChI is InChI=1S/C10H13N5/c1-6-2-7(6)3-11-9-8-10(13-4-12-8)15-5-14-9/h4-7H,2-3H2,1H3,(H2,11,12,13,14,15). The van der Waals surface area contributed by atoms with Gasteiger partial charge in [0, 0.05) is 6.54 Å². The van der Waals surface area contributed by atoms with Crippen LogP contribution in [0.25, 0.3) is 11.2 Å². The van der Waals surface area contributed by atoms with Gasteiger partial charge in [-0.15, -0.1) is 0 Å². The molecule has 2 heterocycles. The lowest BCUT2D eigenvalue weighted by Gasteiger charge is -2.04. The van der Waals surface area contributed by atoms with E-state index in [4.69, 9.17) is 0 Å². The second-order valence-corrected chi connectivity index (χ2v) is 4.18. The van der Waals surface area contributed by atoms with Gasteiger partial charge in [-0.1, -0.05) is 6.92 Å². The van der Waals surface area contributed by atoms with Gasteiger partial charge in [-0.05, 0) is 18.3 Å². The van der Waals surface area contributed by atoms with E-state index in [9.17, 15) is 0 Å². The van der Waals surface area contributed by atoms with Crippen LogP contribution in [0.5, 0.6) is 0 Å². The predicted octanol–water partition coefficient (Wildman–Crippen LogP) is 1.42. The molecule has 15 heavy (non-hydrogen) atoms. The highest BCUT2D eigenvalue weighted by atomic mass is 15.1. The molecule has 0 bridgehead atoms. The second kappa shape index (κ2) is 3.18. The highest BCUT2D eigenvalue weighted by Gasteiger charge is 2.32. The highest BCUT2D eigenvalue weighted by molar-refractivity contribution is 5.81. The smallest absolute Gasteiger partial charge is 0.182 e. The van der Waals surface area contributed by atoms with Gasteiger partial charge in [0.25, 0.3) is 0 Å². The minimum absolute atomic E-state index is 0.719. The maximum atomic E-state index is 4.21. The number of rotatable bonds is 3. The molecule has 3 rings (SSSR count). The number of fused-ring (bicyclic) bond motifs is 1. The zero-order valence-corrected chi connectivity index (χ0v) is 8.57. The van der Waals surface area contributed by atoms with Gasteiger partial charge >= 0.3 is 0 Å². The third-order valence-corrected chi connectivity index (χ3v) is 3.03. The number of H-pyrrole nitrogens is 1. The lowest BCUT2D eigenvalue weighted by molar-refractivity contribution is 0.785. The van der Waals surface area contributed by atoms with Crippen LogP contribution >= 0.6 is 0 Å². The van der Waals surface area contributed by atoms with E-state index in [0.29, 0.717) is 0 Å². The van der Waals surface area contributed by atoms with E-state index < -0.39 is 0 Å². The summed E-state index contributed by atoms with van der Waals surface area (Å²) >= 11 is 0. The van der Waals surface area contributed by atoms with Crippen molar-refractivity contribution >= 4 is 17.0 Å². The molecule has 0 saturated heterocycles. The van der Waals surface area contributed by atoms with E-state index in [0.717, 1.165) is 35.4 Å². The largest absolute Gasteiger partial charge is 0.368 e. The number of hydrogen-bond donors (Lipinski definition) is 2. The quantitative estimate of drug-likeness (QED) is 0.791. The zero-order chi connectivity index (χ0) is 10.3. The van der Waals surface area contributed by atoms with Crippen molar-refractivity contribution in [3.63, 3.8) is 0 Å². The normalized spacial score (nSPS) is 24.3. The van der Waals surface area contributed by atoms with Gasteiger partial charge in [-0.2, -0.15) is 0 Å². The van der Waals surface area contributed by atoms with E-state index in [1.807, 2.05) is 0 Å². The van der Waals surface area contributed by atoms with Crippen LogP contribution in [-0.2, 0) is 0 Å². The van der Waals surface area contributed by atoms with Crippen LogP contribution in [0.15, 0.2) is 12.7 Å². The number of aromatic nitrogens is 4. The van der Waals surface area contributed by atoms with Crippen LogP contribution in [0.4, 0.5) is 5.82 Å². The minimum Gasteiger partial charge on any atom is -0.368 e. The molecule has 78 valence electrons. The first kappa shape index (κ1) is 8.64. The van der Waals surface area contributed by atoms with Gasteiger partial charge in [0.1, 0.15) is 11.8 Å². The summed E-state index contributed by atoms with van der Waals surface area (Å²) in [5.41, 5.74) is 1.61. The Balaban J connectivity index is 1.81. The second-order valence-electron chi connectivity index (χ2n) is 4.18. The lowest BCUT2D eigenvalue weighted by atomic mass is 10.3. The Hall–Kier alpha value is -1.65. The van der Waals surface area contributed by atoms with Crippen LogP contribution < -0.4 is 5.32 Å². The Kier molecular flexibility index (Phi) is 1.83. The van der Waals surface area contributed by atoms with Crippen molar-refractivity contribution in [2.24, 2.45) is 11.8 Å². The molecule has 1 fully saturated rings. The molecule has 2 aromatic rings. The van der Waals surface area contributed by atoms with Crippen molar-refractivity contribution in [1.29, 1.82) is 0 Å². The minimum atomic E-state index is 0.719. The summed E-state index contributed by atoms with van der Waals surface area (Å²) in [6, 6.07) is 0. The van der Waals surface area contributed by atoms with Crippen molar-refractivity contribution in [3.8, 4) is 0 Å². The zero-order valence-electron chi connectivity index (χ0n) is 8.57. The molecule has 0 radical (unpaired) electrons. The average Bonchev–Trinajstić information content (AvgIpc) is 2.78. The molecule has 2 atom stereocenters. The fraction of sp³-hybridized carbons (Fsp3) is 0.500. The van der Waals surface area contributed by atoms with Gasteiger partial charge in [-0.3, -0.25) is 0 Å². The van der Waals surface area contributed by atoms with Crippen LogP contribution in [-0.4, -0.2) is 26.5 Å². The van der Waals surface area contributed by atoms with Crippen molar-refractivity contribution in [2.75, 3.05) is 11.9 Å². The molecule has 1 saturated carbocycles. The molecular weight excluding hydrogens is 190 g/mol. The highest BCUT2D eigenvalue weighted by Crippen LogP contribution is 2.37. The molecule has 0 aromatic carbocycles. The van der Waals surface area contributed by atoms with Gasteiger partial charge in [-0.25, -0.2) is 15.0 Å². The predicted molar refractivity (Wildman–Crippen MR) is 57.4 cm³/mol. The number of aromatic amines is 1. The summed E-state index contributed by atoms with van der Waals surface area (Å²) in [6.45, 7) is 3.27. The van der Waals surface area contributed by atoms with Crippen molar-refractivity contribution in [1.82, 2.24) is 19.9 Å². The van der Waals surface area contributed by atoms with Gasteiger partial charge in [0.15, 0.2) is 11.5 Å². The molecule has 0 aliphatic heterocycles. The molecule has 2 aromatic heterocycles. The first-order valence-corrected chi connectivity index (χ1v) is 5.22. The van der Waals surface area contributed by atoms with E-state index in [2.05, 4.69) is 32.2 Å². The lowest BCUT2D eigenvalue weighted by Crippen LogP contribution is -2.06. The number of nitrogens with one attached hydrogen (secondary N) is 2. The topological polar surface area (TPSA) is 66.5 Å². The van der Waals surface area contributed by atoms with Gasteiger partial charge in [0.2, 0.25) is 0 Å². The SMILES string of the molecule is CC1CC1CNc1ncnc2nc[nH]c12. The Morgan fingerprint density at radius 2 is 2.33 bits per heavy atom. The molecule has 2 unspecified atom stereocenters. The van der Waals surface area contributed by atoms with Crippen molar-refractivity contribution in [3.05, 3.63) is 12.7 Å². The van der Waals surface area contributed by atoms with E-state index in [-0.39, 0.29) is 0 Å². The Morgan fingerprint density at radius 3 is 3.13 bits per heavy atom. The number of imidazole rings is 1. The van der Waals surface area contributed by atoms with Crippen molar-refractivity contribution in [2.45, 2.75) is 13.3 Å². The monoisotopic (exact) mass is 203 g/mol. The summed E-state index contributed by atoms with van der Waals surface area (Å²) in [6.07, 6.45) is 4.51. The first-order chi connectivity index (χ1) is 7.34. The average molecular weight is 203 g/mol. The van der Waals surface area contributed by atoms with Gasteiger partial charge < -0.3 is 10.3 Å². The van der Waals surface area contributed by atoms with E-state index >= 15 is 0 Å². The Bertz CT molecular complexity index is 477. The van der Waals surface area contributed by atoms with Crippen LogP contribution in [0.3, 0.4) is 0 Å². The third kappa shape index (κ3) is 1.54. The summed E-state index contributed by atoms with van der Waals surface area (Å²) < 4.78 is 0. The van der Waals surface area contributed by atoms with E-state index in [1.165, 1.54) is 6.42 Å².